The molecule has 1 aliphatic carbocycles. The minimum Gasteiger partial charge on any atom is -0.480 e. The summed E-state index contributed by atoms with van der Waals surface area (Å²) in [5, 5.41) is 22.3. The Balaban J connectivity index is 2.28. The lowest BCUT2D eigenvalue weighted by atomic mass is 10.0. The van der Waals surface area contributed by atoms with Gasteiger partial charge in [0.1, 0.15) is 0 Å². The number of hydrogen-bond acceptors (Lipinski definition) is 3. The van der Waals surface area contributed by atoms with Crippen LogP contribution in [-0.2, 0) is 4.79 Å². The Bertz CT molecular complexity index is 289. The number of carbonyl (C=O) groups excluding carboxylic acids is 1. The fraction of sp³-hybridized carbons (Fsp3) is 0.818. The molecule has 6 heteroatoms. The molecule has 0 heterocycles. The molecule has 1 aliphatic rings. The smallest absolute Gasteiger partial charge is 0.328 e. The maximum atomic E-state index is 11.4. The number of aliphatic carboxylic acids is 1. The first-order chi connectivity index (χ1) is 8.03. The SMILES string of the molecule is CCCC1(CNC(=O)N[C@H](CO)C(=O)O)CC1. The molecule has 1 rings (SSSR count). The number of carbonyl (C=O) groups is 2. The average molecular weight is 244 g/mol. The van der Waals surface area contributed by atoms with Gasteiger partial charge in [-0.1, -0.05) is 13.3 Å². The lowest BCUT2D eigenvalue weighted by molar-refractivity contribution is -0.140. The lowest BCUT2D eigenvalue weighted by Gasteiger charge is -2.17. The molecule has 4 N–H and O–H groups in total. The molecule has 0 aromatic carbocycles. The molecule has 98 valence electrons. The molecule has 0 aromatic rings. The van der Waals surface area contributed by atoms with Gasteiger partial charge in [0.15, 0.2) is 6.04 Å². The summed E-state index contributed by atoms with van der Waals surface area (Å²) >= 11 is 0. The first-order valence-electron chi connectivity index (χ1n) is 5.91. The van der Waals surface area contributed by atoms with E-state index in [-0.39, 0.29) is 5.41 Å². The average Bonchev–Trinajstić information content (AvgIpc) is 3.04. The Morgan fingerprint density at radius 2 is 2.06 bits per heavy atom. The van der Waals surface area contributed by atoms with Crippen molar-refractivity contribution in [3.8, 4) is 0 Å². The first-order valence-corrected chi connectivity index (χ1v) is 5.91. The maximum absolute atomic E-state index is 11.4. The minimum absolute atomic E-state index is 0.226. The van der Waals surface area contributed by atoms with Crippen molar-refractivity contribution in [3.05, 3.63) is 0 Å². The number of amides is 2. The summed E-state index contributed by atoms with van der Waals surface area (Å²) < 4.78 is 0. The Morgan fingerprint density at radius 1 is 1.41 bits per heavy atom. The van der Waals surface area contributed by atoms with Crippen molar-refractivity contribution in [2.75, 3.05) is 13.2 Å². The topological polar surface area (TPSA) is 98.7 Å². The number of hydrogen-bond donors (Lipinski definition) is 4. The predicted molar refractivity (Wildman–Crippen MR) is 61.6 cm³/mol. The highest BCUT2D eigenvalue weighted by atomic mass is 16.4. The second-order valence-corrected chi connectivity index (χ2v) is 4.65. The number of aliphatic hydroxyl groups excluding tert-OH is 1. The van der Waals surface area contributed by atoms with Gasteiger partial charge in [-0.15, -0.1) is 0 Å². The van der Waals surface area contributed by atoms with Gasteiger partial charge in [-0.05, 0) is 24.7 Å². The number of urea groups is 1. The molecular formula is C11H20N2O4. The molecule has 2 amide bonds. The zero-order valence-electron chi connectivity index (χ0n) is 10.0. The van der Waals surface area contributed by atoms with Gasteiger partial charge >= 0.3 is 12.0 Å². The number of nitrogens with one attached hydrogen (secondary N) is 2. The summed E-state index contributed by atoms with van der Waals surface area (Å²) in [6, 6.07) is -1.77. The molecule has 0 unspecified atom stereocenters. The van der Waals surface area contributed by atoms with Crippen LogP contribution in [0.5, 0.6) is 0 Å². The van der Waals surface area contributed by atoms with Crippen molar-refractivity contribution in [2.45, 2.75) is 38.6 Å². The molecule has 0 aliphatic heterocycles. The third-order valence-electron chi connectivity index (χ3n) is 3.15. The van der Waals surface area contributed by atoms with Crippen molar-refractivity contribution >= 4 is 12.0 Å². The van der Waals surface area contributed by atoms with Crippen LogP contribution in [0.15, 0.2) is 0 Å². The molecule has 1 fully saturated rings. The molecule has 0 bridgehead atoms. The summed E-state index contributed by atoms with van der Waals surface area (Å²) in [5.41, 5.74) is 0.226. The Labute approximate surface area is 100 Å². The number of carboxylic acids is 1. The van der Waals surface area contributed by atoms with E-state index in [1.54, 1.807) is 0 Å². The summed E-state index contributed by atoms with van der Waals surface area (Å²) in [6.45, 7) is 2.07. The van der Waals surface area contributed by atoms with E-state index >= 15 is 0 Å². The summed E-state index contributed by atoms with van der Waals surface area (Å²) in [7, 11) is 0. The second kappa shape index (κ2) is 5.86. The van der Waals surface area contributed by atoms with Crippen LogP contribution in [0.1, 0.15) is 32.6 Å². The van der Waals surface area contributed by atoms with Gasteiger partial charge in [0, 0.05) is 6.54 Å². The zero-order chi connectivity index (χ0) is 12.9. The molecular weight excluding hydrogens is 224 g/mol. The fourth-order valence-corrected chi connectivity index (χ4v) is 1.88. The van der Waals surface area contributed by atoms with Gasteiger partial charge in [0.05, 0.1) is 6.61 Å². The van der Waals surface area contributed by atoms with Crippen LogP contribution >= 0.6 is 0 Å². The fourth-order valence-electron chi connectivity index (χ4n) is 1.88. The number of rotatable bonds is 7. The Morgan fingerprint density at radius 3 is 2.47 bits per heavy atom. The molecule has 1 atom stereocenters. The molecule has 1 saturated carbocycles. The Hall–Kier alpha value is -1.30. The van der Waals surface area contributed by atoms with Crippen molar-refractivity contribution < 1.29 is 19.8 Å². The minimum atomic E-state index is -1.24. The van der Waals surface area contributed by atoms with Crippen LogP contribution in [-0.4, -0.2) is 41.4 Å². The summed E-state index contributed by atoms with van der Waals surface area (Å²) in [6.07, 6.45) is 4.39. The normalized spacial score (nSPS) is 18.2. The van der Waals surface area contributed by atoms with Crippen LogP contribution in [0, 0.1) is 5.41 Å². The molecule has 0 radical (unpaired) electrons. The van der Waals surface area contributed by atoms with E-state index in [0.717, 1.165) is 25.7 Å². The zero-order valence-corrected chi connectivity index (χ0v) is 10.0. The van der Waals surface area contributed by atoms with Gasteiger partial charge in [-0.2, -0.15) is 0 Å². The standard InChI is InChI=1S/C11H20N2O4/c1-2-3-11(4-5-11)7-12-10(17)13-8(6-14)9(15)16/h8,14H,2-7H2,1H3,(H,15,16)(H2,12,13,17)/t8-/m1/s1. The van der Waals surface area contributed by atoms with Crippen molar-refractivity contribution in [2.24, 2.45) is 5.41 Å². The lowest BCUT2D eigenvalue weighted by Crippen LogP contribution is -2.48. The van der Waals surface area contributed by atoms with E-state index in [1.807, 2.05) is 0 Å². The monoisotopic (exact) mass is 244 g/mol. The third kappa shape index (κ3) is 4.22. The quantitative estimate of drug-likeness (QED) is 0.518. The largest absolute Gasteiger partial charge is 0.480 e. The van der Waals surface area contributed by atoms with Crippen LogP contribution in [0.2, 0.25) is 0 Å². The van der Waals surface area contributed by atoms with Crippen LogP contribution in [0.4, 0.5) is 4.79 Å². The highest BCUT2D eigenvalue weighted by Crippen LogP contribution is 2.48. The van der Waals surface area contributed by atoms with Crippen molar-refractivity contribution in [1.29, 1.82) is 0 Å². The van der Waals surface area contributed by atoms with E-state index in [1.165, 1.54) is 0 Å². The van der Waals surface area contributed by atoms with Crippen LogP contribution in [0.3, 0.4) is 0 Å². The maximum Gasteiger partial charge on any atom is 0.328 e. The molecule has 17 heavy (non-hydrogen) atoms. The number of carboxylic acid groups (broad SMARTS) is 1. The molecule has 0 aromatic heterocycles. The van der Waals surface area contributed by atoms with Crippen LogP contribution in [0.25, 0.3) is 0 Å². The molecule has 6 nitrogen and oxygen atoms in total. The van der Waals surface area contributed by atoms with E-state index in [9.17, 15) is 9.59 Å². The van der Waals surface area contributed by atoms with E-state index in [2.05, 4.69) is 17.6 Å². The van der Waals surface area contributed by atoms with E-state index < -0.39 is 24.6 Å². The summed E-state index contributed by atoms with van der Waals surface area (Å²) in [5.74, 6) is -1.24. The number of aliphatic hydroxyl groups is 1. The third-order valence-corrected chi connectivity index (χ3v) is 3.15. The van der Waals surface area contributed by atoms with E-state index in [4.69, 9.17) is 10.2 Å². The molecule has 0 spiro atoms. The van der Waals surface area contributed by atoms with Gasteiger partial charge in [-0.25, -0.2) is 9.59 Å². The highest BCUT2D eigenvalue weighted by Gasteiger charge is 2.41. The highest BCUT2D eigenvalue weighted by molar-refractivity contribution is 5.82. The van der Waals surface area contributed by atoms with Crippen molar-refractivity contribution in [3.63, 3.8) is 0 Å². The van der Waals surface area contributed by atoms with Crippen LogP contribution < -0.4 is 10.6 Å². The van der Waals surface area contributed by atoms with Crippen molar-refractivity contribution in [1.82, 2.24) is 10.6 Å². The summed E-state index contributed by atoms with van der Waals surface area (Å²) in [4.78, 5) is 22.0. The van der Waals surface area contributed by atoms with Gasteiger partial charge in [0.25, 0.3) is 0 Å². The van der Waals surface area contributed by atoms with Gasteiger partial charge in [0.2, 0.25) is 0 Å². The Kier molecular flexibility index (Phi) is 4.74. The first kappa shape index (κ1) is 13.8. The predicted octanol–water partition coefficient (Wildman–Crippen LogP) is 0.311. The van der Waals surface area contributed by atoms with Gasteiger partial charge < -0.3 is 20.8 Å². The van der Waals surface area contributed by atoms with E-state index in [0.29, 0.717) is 6.54 Å². The van der Waals surface area contributed by atoms with Gasteiger partial charge in [-0.3, -0.25) is 0 Å². The molecule has 0 saturated heterocycles. The second-order valence-electron chi connectivity index (χ2n) is 4.65.